The first-order chi connectivity index (χ1) is 19.7. The first kappa shape index (κ1) is 30.2. The number of ether oxygens (including phenoxy) is 1. The van der Waals surface area contributed by atoms with Crippen molar-refractivity contribution in [2.75, 3.05) is 18.2 Å². The summed E-state index contributed by atoms with van der Waals surface area (Å²) in [4.78, 5) is 65.1. The number of benzene rings is 2. The van der Waals surface area contributed by atoms with Gasteiger partial charge < -0.3 is 20.7 Å². The second-order valence-corrected chi connectivity index (χ2v) is 11.1. The third kappa shape index (κ3) is 8.38. The van der Waals surface area contributed by atoms with Crippen molar-refractivity contribution in [3.05, 3.63) is 65.7 Å². The molecular weight excluding hydrogens is 546 g/mol. The predicted octanol–water partition coefficient (Wildman–Crippen LogP) is 0.506. The van der Waals surface area contributed by atoms with Crippen LogP contribution in [0.4, 0.5) is 0 Å². The van der Waals surface area contributed by atoms with Crippen molar-refractivity contribution in [3.63, 3.8) is 0 Å². The molecule has 12 heteroatoms. The summed E-state index contributed by atoms with van der Waals surface area (Å²) in [7, 11) is 0. The highest BCUT2D eigenvalue weighted by molar-refractivity contribution is 7.99. The summed E-state index contributed by atoms with van der Waals surface area (Å²) in [6.07, 6.45) is 1.47. The molecule has 2 aliphatic heterocycles. The van der Waals surface area contributed by atoms with E-state index in [2.05, 4.69) is 16.0 Å². The highest BCUT2D eigenvalue weighted by Crippen LogP contribution is 2.21. The molecule has 4 rings (SSSR count). The molecule has 11 nitrogen and oxygen atoms in total. The third-order valence-corrected chi connectivity index (χ3v) is 7.93. The van der Waals surface area contributed by atoms with E-state index < -0.39 is 47.9 Å². The molecule has 2 heterocycles. The Balaban J connectivity index is 1.40. The number of thioether (sulfide) groups is 1. The van der Waals surface area contributed by atoms with Crippen molar-refractivity contribution in [1.29, 1.82) is 0 Å². The summed E-state index contributed by atoms with van der Waals surface area (Å²) in [5.74, 6) is -0.710. The van der Waals surface area contributed by atoms with Crippen LogP contribution >= 0.6 is 11.8 Å². The van der Waals surface area contributed by atoms with Crippen LogP contribution in [0.2, 0.25) is 0 Å². The van der Waals surface area contributed by atoms with Crippen LogP contribution in [-0.2, 0) is 36.8 Å². The van der Waals surface area contributed by atoms with Gasteiger partial charge in [0.2, 0.25) is 23.6 Å². The van der Waals surface area contributed by atoms with Gasteiger partial charge in [-0.05, 0) is 42.5 Å². The molecule has 4 atom stereocenters. The summed E-state index contributed by atoms with van der Waals surface area (Å²) in [5.41, 5.74) is 7.85. The van der Waals surface area contributed by atoms with E-state index in [4.69, 9.17) is 10.5 Å². The number of amides is 4. The number of carbonyl (C=O) groups excluding carboxylic acids is 5. The second-order valence-electron chi connectivity index (χ2n) is 10.1. The molecule has 2 fully saturated rings. The topological polar surface area (TPSA) is 160 Å². The monoisotopic (exact) mass is 581 g/mol. The van der Waals surface area contributed by atoms with Gasteiger partial charge in [0.15, 0.2) is 0 Å². The Kier molecular flexibility index (Phi) is 10.5. The number of nitrogens with two attached hydrogens (primary N) is 1. The summed E-state index contributed by atoms with van der Waals surface area (Å²) in [6, 6.07) is 12.8. The van der Waals surface area contributed by atoms with E-state index in [1.807, 2.05) is 30.3 Å². The number of nitrogens with zero attached hydrogens (tertiary/aromatic N) is 1. The van der Waals surface area contributed by atoms with Crippen molar-refractivity contribution < 1.29 is 28.7 Å². The molecular formula is C29H35N5O6S. The Labute approximate surface area is 242 Å². The minimum absolute atomic E-state index is 0.183. The van der Waals surface area contributed by atoms with Crippen LogP contribution in [0.5, 0.6) is 5.75 Å². The maximum atomic E-state index is 13.4. The van der Waals surface area contributed by atoms with Crippen molar-refractivity contribution >= 4 is 41.4 Å². The van der Waals surface area contributed by atoms with Crippen LogP contribution < -0.4 is 26.4 Å². The molecule has 2 aliphatic rings. The SMILES string of the molecule is CC(=O)Oc1ccc(C[C@H](N)C(=O)N2CCC[C@H]2C(=O)N[C@@H](Cc2ccccc2)C(=O)NC(=O)C2CSCN2)cc1. The summed E-state index contributed by atoms with van der Waals surface area (Å²) in [5, 5.41) is 8.26. The first-order valence-corrected chi connectivity index (χ1v) is 14.7. The normalized spacial score (nSPS) is 19.7. The molecule has 2 aromatic carbocycles. The van der Waals surface area contributed by atoms with Crippen molar-refractivity contribution in [2.24, 2.45) is 5.73 Å². The number of hydrogen-bond donors (Lipinski definition) is 4. The Bertz CT molecular complexity index is 1250. The highest BCUT2D eigenvalue weighted by Gasteiger charge is 2.38. The minimum Gasteiger partial charge on any atom is -0.427 e. The van der Waals surface area contributed by atoms with Gasteiger partial charge in [0.1, 0.15) is 17.8 Å². The molecule has 0 aliphatic carbocycles. The average molecular weight is 582 g/mol. The molecule has 0 spiro atoms. The fraction of sp³-hybridized carbons (Fsp3) is 0.414. The van der Waals surface area contributed by atoms with Crippen molar-refractivity contribution in [1.82, 2.24) is 20.9 Å². The first-order valence-electron chi connectivity index (χ1n) is 13.5. The highest BCUT2D eigenvalue weighted by atomic mass is 32.2. The van der Waals surface area contributed by atoms with Crippen molar-refractivity contribution in [3.8, 4) is 5.75 Å². The van der Waals surface area contributed by atoms with Gasteiger partial charge in [-0.15, -0.1) is 11.8 Å². The van der Waals surface area contributed by atoms with E-state index in [1.54, 1.807) is 36.0 Å². The Hall–Kier alpha value is -3.74. The lowest BCUT2D eigenvalue weighted by molar-refractivity contribution is -0.140. The van der Waals surface area contributed by atoms with E-state index >= 15 is 0 Å². The molecule has 0 radical (unpaired) electrons. The maximum Gasteiger partial charge on any atom is 0.308 e. The van der Waals surface area contributed by atoms with Crippen LogP contribution in [-0.4, -0.2) is 76.8 Å². The van der Waals surface area contributed by atoms with Crippen LogP contribution in [0, 0.1) is 0 Å². The summed E-state index contributed by atoms with van der Waals surface area (Å²) in [6.45, 7) is 1.68. The third-order valence-electron chi connectivity index (χ3n) is 6.99. The number of imide groups is 1. The van der Waals surface area contributed by atoms with E-state index in [0.717, 1.165) is 11.1 Å². The molecule has 2 saturated heterocycles. The van der Waals surface area contributed by atoms with E-state index in [0.29, 0.717) is 36.8 Å². The molecule has 2 aromatic rings. The van der Waals surface area contributed by atoms with Crippen LogP contribution in [0.15, 0.2) is 54.6 Å². The zero-order chi connectivity index (χ0) is 29.4. The lowest BCUT2D eigenvalue weighted by Gasteiger charge is -2.28. The Morgan fingerprint density at radius 1 is 1.02 bits per heavy atom. The van der Waals surface area contributed by atoms with Gasteiger partial charge in [0.25, 0.3) is 0 Å². The number of nitrogens with one attached hydrogen (secondary N) is 3. The van der Waals surface area contributed by atoms with Gasteiger partial charge in [-0.1, -0.05) is 42.5 Å². The van der Waals surface area contributed by atoms with Crippen molar-refractivity contribution in [2.45, 2.75) is 56.8 Å². The zero-order valence-electron chi connectivity index (χ0n) is 22.8. The number of hydrogen-bond acceptors (Lipinski definition) is 9. The lowest BCUT2D eigenvalue weighted by Crippen LogP contribution is -2.57. The van der Waals surface area contributed by atoms with E-state index in [1.165, 1.54) is 11.8 Å². The summed E-state index contributed by atoms with van der Waals surface area (Å²) >= 11 is 1.57. The largest absolute Gasteiger partial charge is 0.427 e. The molecule has 0 bridgehead atoms. The van der Waals surface area contributed by atoms with Crippen LogP contribution in [0.3, 0.4) is 0 Å². The van der Waals surface area contributed by atoms with Gasteiger partial charge >= 0.3 is 5.97 Å². The molecule has 41 heavy (non-hydrogen) atoms. The van der Waals surface area contributed by atoms with Gasteiger partial charge in [-0.3, -0.25) is 34.6 Å². The van der Waals surface area contributed by atoms with E-state index in [-0.39, 0.29) is 18.7 Å². The molecule has 0 saturated carbocycles. The maximum absolute atomic E-state index is 13.4. The van der Waals surface area contributed by atoms with Crippen LogP contribution in [0.25, 0.3) is 0 Å². The van der Waals surface area contributed by atoms with Gasteiger partial charge in [-0.2, -0.15) is 0 Å². The smallest absolute Gasteiger partial charge is 0.308 e. The van der Waals surface area contributed by atoms with Crippen LogP contribution in [0.1, 0.15) is 30.9 Å². The lowest BCUT2D eigenvalue weighted by atomic mass is 10.0. The minimum atomic E-state index is -1.01. The fourth-order valence-electron chi connectivity index (χ4n) is 4.90. The zero-order valence-corrected chi connectivity index (χ0v) is 23.7. The second kappa shape index (κ2) is 14.2. The molecule has 1 unspecified atom stereocenters. The van der Waals surface area contributed by atoms with Gasteiger partial charge in [0, 0.05) is 31.5 Å². The van der Waals surface area contributed by atoms with Gasteiger partial charge in [0.05, 0.1) is 12.1 Å². The molecule has 4 amide bonds. The standard InChI is InChI=1S/C29H35N5O6S/c1-18(35)40-21-11-9-20(10-12-21)14-22(30)29(39)34-13-5-8-25(34)28(38)32-23(15-19-6-3-2-4-7-19)26(36)33-27(37)24-16-41-17-31-24/h2-4,6-7,9-12,22-25,31H,5,8,13-17,30H2,1H3,(H,32,38)(H,33,36,37)/t22-,23-,24?,25-/m0/s1. The number of rotatable bonds is 10. The average Bonchev–Trinajstić information content (AvgIpc) is 3.67. The summed E-state index contributed by atoms with van der Waals surface area (Å²) < 4.78 is 5.04. The number of esters is 1. The number of carbonyl (C=O) groups is 5. The van der Waals surface area contributed by atoms with Gasteiger partial charge in [-0.25, -0.2) is 0 Å². The number of likely N-dealkylation sites (tertiary alicyclic amines) is 1. The van der Waals surface area contributed by atoms with E-state index in [9.17, 15) is 24.0 Å². The molecule has 5 N–H and O–H groups in total. The molecule has 218 valence electrons. The quantitative estimate of drug-likeness (QED) is 0.232. The Morgan fingerprint density at radius 2 is 1.73 bits per heavy atom. The fourth-order valence-corrected chi connectivity index (χ4v) is 5.84. The predicted molar refractivity (Wildman–Crippen MR) is 154 cm³/mol. The Morgan fingerprint density at radius 3 is 2.39 bits per heavy atom. The molecule has 0 aromatic heterocycles.